The van der Waals surface area contributed by atoms with Crippen LogP contribution < -0.4 is 27.4 Å². The smallest absolute Gasteiger partial charge is 0.326 e. The van der Waals surface area contributed by atoms with Gasteiger partial charge in [-0.15, -0.1) is 0 Å². The van der Waals surface area contributed by atoms with E-state index in [1.807, 2.05) is 27.7 Å². The lowest BCUT2D eigenvalue weighted by Gasteiger charge is -2.25. The lowest BCUT2D eigenvalue weighted by atomic mass is 10.0. The topological polar surface area (TPSA) is 194 Å². The number of nitrogens with two attached hydrogens (primary N) is 2. The maximum absolute atomic E-state index is 12.7. The first-order valence-electron chi connectivity index (χ1n) is 9.98. The van der Waals surface area contributed by atoms with E-state index in [0.717, 1.165) is 0 Å². The monoisotopic (exact) mass is 429 g/mol. The minimum Gasteiger partial charge on any atom is -0.480 e. The van der Waals surface area contributed by atoms with Crippen molar-refractivity contribution in [3.05, 3.63) is 0 Å². The minimum absolute atomic E-state index is 0.00644. The first-order chi connectivity index (χ1) is 13.9. The molecule has 0 aromatic heterocycles. The van der Waals surface area contributed by atoms with Gasteiger partial charge in [-0.3, -0.25) is 19.2 Å². The van der Waals surface area contributed by atoms with Crippen LogP contribution in [0.3, 0.4) is 0 Å². The predicted molar refractivity (Wildman–Crippen MR) is 110 cm³/mol. The highest BCUT2D eigenvalue weighted by Gasteiger charge is 2.30. The molecule has 0 fully saturated rings. The fraction of sp³-hybridized carbons (Fsp3) is 0.737. The van der Waals surface area contributed by atoms with Gasteiger partial charge in [-0.1, -0.05) is 27.7 Å². The molecule has 3 atom stereocenters. The van der Waals surface area contributed by atoms with Gasteiger partial charge >= 0.3 is 5.97 Å². The van der Waals surface area contributed by atoms with Crippen molar-refractivity contribution in [1.82, 2.24) is 16.0 Å². The van der Waals surface area contributed by atoms with Crippen molar-refractivity contribution in [3.8, 4) is 0 Å². The highest BCUT2D eigenvalue weighted by Crippen LogP contribution is 2.09. The molecule has 0 rings (SSSR count). The number of carbonyl (C=O) groups excluding carboxylic acids is 4. The van der Waals surface area contributed by atoms with E-state index in [1.165, 1.54) is 0 Å². The Morgan fingerprint density at radius 3 is 1.70 bits per heavy atom. The van der Waals surface area contributed by atoms with Crippen molar-refractivity contribution >= 4 is 29.6 Å². The summed E-state index contributed by atoms with van der Waals surface area (Å²) in [5, 5.41) is 16.7. The summed E-state index contributed by atoms with van der Waals surface area (Å²) in [6.45, 7) is 7.03. The molecule has 0 bridgehead atoms. The van der Waals surface area contributed by atoms with E-state index < -0.39 is 47.7 Å². The summed E-state index contributed by atoms with van der Waals surface area (Å²) in [4.78, 5) is 59.6. The fourth-order valence-corrected chi connectivity index (χ4v) is 2.75. The average molecular weight is 430 g/mol. The van der Waals surface area contributed by atoms with Crippen LogP contribution in [0.1, 0.15) is 53.4 Å². The van der Waals surface area contributed by atoms with E-state index in [2.05, 4.69) is 16.0 Å². The van der Waals surface area contributed by atoms with E-state index in [9.17, 15) is 29.1 Å². The zero-order valence-electron chi connectivity index (χ0n) is 18.1. The van der Waals surface area contributed by atoms with E-state index in [1.54, 1.807) is 0 Å². The minimum atomic E-state index is -1.20. The SMILES string of the molecule is CC(C)CC(NC(=O)C(CCC(N)=O)NC(=O)C(CC(C)C)NC(=O)CN)C(=O)O. The zero-order chi connectivity index (χ0) is 23.4. The van der Waals surface area contributed by atoms with Crippen LogP contribution in [0.15, 0.2) is 0 Å². The summed E-state index contributed by atoms with van der Waals surface area (Å²) in [5.41, 5.74) is 10.4. The number of aliphatic carboxylic acids is 1. The van der Waals surface area contributed by atoms with E-state index in [-0.39, 0.29) is 37.6 Å². The summed E-state index contributed by atoms with van der Waals surface area (Å²) < 4.78 is 0. The zero-order valence-corrected chi connectivity index (χ0v) is 18.1. The van der Waals surface area contributed by atoms with Gasteiger partial charge < -0.3 is 32.5 Å². The van der Waals surface area contributed by atoms with Crippen molar-refractivity contribution in [2.24, 2.45) is 23.3 Å². The van der Waals surface area contributed by atoms with Gasteiger partial charge in [0.2, 0.25) is 23.6 Å². The van der Waals surface area contributed by atoms with Gasteiger partial charge in [0, 0.05) is 6.42 Å². The lowest BCUT2D eigenvalue weighted by molar-refractivity contribution is -0.143. The highest BCUT2D eigenvalue weighted by atomic mass is 16.4. The van der Waals surface area contributed by atoms with E-state index in [0.29, 0.717) is 6.42 Å². The molecule has 0 aliphatic heterocycles. The van der Waals surface area contributed by atoms with Crippen molar-refractivity contribution in [3.63, 3.8) is 0 Å². The third-order valence-electron chi connectivity index (χ3n) is 4.18. The number of primary amides is 1. The number of carbonyl (C=O) groups is 5. The second kappa shape index (κ2) is 13.5. The summed E-state index contributed by atoms with van der Waals surface area (Å²) in [5.74, 6) is -3.72. The van der Waals surface area contributed by atoms with Gasteiger partial charge in [-0.05, 0) is 31.1 Å². The first kappa shape index (κ1) is 27.3. The van der Waals surface area contributed by atoms with Crippen molar-refractivity contribution in [2.75, 3.05) is 6.54 Å². The van der Waals surface area contributed by atoms with Crippen LogP contribution in [0.2, 0.25) is 0 Å². The molecule has 11 heteroatoms. The Bertz CT molecular complexity index is 623. The molecule has 0 aliphatic rings. The van der Waals surface area contributed by atoms with Crippen molar-refractivity contribution < 1.29 is 29.1 Å². The van der Waals surface area contributed by atoms with Gasteiger partial charge in [0.05, 0.1) is 6.54 Å². The Morgan fingerprint density at radius 2 is 1.27 bits per heavy atom. The van der Waals surface area contributed by atoms with Gasteiger partial charge in [-0.25, -0.2) is 4.79 Å². The van der Waals surface area contributed by atoms with Crippen molar-refractivity contribution in [2.45, 2.75) is 71.5 Å². The normalized spacial score (nSPS) is 14.0. The number of hydrogen-bond acceptors (Lipinski definition) is 6. The van der Waals surface area contributed by atoms with Crippen LogP contribution in [0.5, 0.6) is 0 Å². The molecule has 8 N–H and O–H groups in total. The van der Waals surface area contributed by atoms with E-state index >= 15 is 0 Å². The summed E-state index contributed by atoms with van der Waals surface area (Å²) in [7, 11) is 0. The second-order valence-corrected chi connectivity index (χ2v) is 8.05. The molecule has 30 heavy (non-hydrogen) atoms. The third-order valence-corrected chi connectivity index (χ3v) is 4.18. The fourth-order valence-electron chi connectivity index (χ4n) is 2.75. The number of carboxylic acid groups (broad SMARTS) is 1. The molecule has 0 aromatic rings. The predicted octanol–water partition coefficient (Wildman–Crippen LogP) is -1.16. The Kier molecular flexibility index (Phi) is 12.3. The number of amides is 4. The van der Waals surface area contributed by atoms with Gasteiger partial charge in [0.15, 0.2) is 0 Å². The van der Waals surface area contributed by atoms with Crippen molar-refractivity contribution in [1.29, 1.82) is 0 Å². The molecule has 0 heterocycles. The second-order valence-electron chi connectivity index (χ2n) is 8.05. The van der Waals surface area contributed by atoms with E-state index in [4.69, 9.17) is 11.5 Å². The maximum atomic E-state index is 12.7. The molecule has 11 nitrogen and oxygen atoms in total. The van der Waals surface area contributed by atoms with Crippen LogP contribution >= 0.6 is 0 Å². The van der Waals surface area contributed by atoms with Crippen LogP contribution in [-0.2, 0) is 24.0 Å². The quantitative estimate of drug-likeness (QED) is 0.200. The molecule has 0 saturated heterocycles. The standard InChI is InChI=1S/C19H35N5O6/c1-10(2)7-13(22-16(26)9-20)18(28)23-12(5-6-15(21)25)17(27)24-14(19(29)30)8-11(3)4/h10-14H,5-9,20H2,1-4H3,(H2,21,25)(H,22,26)(H,23,28)(H,24,27)(H,29,30). The molecule has 0 aliphatic carbocycles. The molecule has 0 saturated carbocycles. The number of hydrogen-bond donors (Lipinski definition) is 6. The van der Waals surface area contributed by atoms with Gasteiger partial charge in [0.1, 0.15) is 18.1 Å². The lowest BCUT2D eigenvalue weighted by Crippen LogP contribution is -2.56. The highest BCUT2D eigenvalue weighted by molar-refractivity contribution is 5.93. The number of nitrogens with one attached hydrogen (secondary N) is 3. The van der Waals surface area contributed by atoms with Gasteiger partial charge in [0.25, 0.3) is 0 Å². The molecule has 172 valence electrons. The molecule has 0 radical (unpaired) electrons. The number of carboxylic acids is 1. The van der Waals surface area contributed by atoms with Crippen LogP contribution in [0.25, 0.3) is 0 Å². The average Bonchev–Trinajstić information content (AvgIpc) is 2.62. The third kappa shape index (κ3) is 11.3. The first-order valence-corrected chi connectivity index (χ1v) is 9.98. The Labute approximate surface area is 176 Å². The molecule has 4 amide bonds. The Hall–Kier alpha value is -2.69. The Balaban J connectivity index is 5.43. The van der Waals surface area contributed by atoms with Gasteiger partial charge in [-0.2, -0.15) is 0 Å². The van der Waals surface area contributed by atoms with Crippen LogP contribution in [0.4, 0.5) is 0 Å². The Morgan fingerprint density at radius 1 is 0.800 bits per heavy atom. The molecule has 3 unspecified atom stereocenters. The largest absolute Gasteiger partial charge is 0.480 e. The van der Waals surface area contributed by atoms with Crippen LogP contribution in [0, 0.1) is 11.8 Å². The maximum Gasteiger partial charge on any atom is 0.326 e. The summed E-state index contributed by atoms with van der Waals surface area (Å²) in [6, 6.07) is -3.27. The summed E-state index contributed by atoms with van der Waals surface area (Å²) in [6.07, 6.45) is 0.192. The number of rotatable bonds is 14. The van der Waals surface area contributed by atoms with Crippen LogP contribution in [-0.4, -0.2) is 59.4 Å². The molecular weight excluding hydrogens is 394 g/mol. The summed E-state index contributed by atoms with van der Waals surface area (Å²) >= 11 is 0. The molecule has 0 spiro atoms. The molecule has 0 aromatic carbocycles. The molecular formula is C19H35N5O6.